The Labute approximate surface area is 78.0 Å². The molecule has 4 heteroatoms. The fraction of sp³-hybridized carbons (Fsp3) is 0.444. The van der Waals surface area contributed by atoms with E-state index in [0.717, 1.165) is 5.69 Å². The van der Waals surface area contributed by atoms with Gasteiger partial charge in [0.15, 0.2) is 0 Å². The molecule has 1 atom stereocenters. The second kappa shape index (κ2) is 4.79. The lowest BCUT2D eigenvalue weighted by molar-refractivity contribution is 0.189. The molecule has 1 rings (SSSR count). The molecule has 0 saturated carbocycles. The Kier molecular flexibility index (Phi) is 3.67. The maximum atomic E-state index is 9.31. The zero-order valence-electron chi connectivity index (χ0n) is 7.72. The van der Waals surface area contributed by atoms with Crippen molar-refractivity contribution in [1.29, 1.82) is 0 Å². The van der Waals surface area contributed by atoms with Gasteiger partial charge in [-0.15, -0.1) is 0 Å². The van der Waals surface area contributed by atoms with Crippen LogP contribution in [0.1, 0.15) is 0 Å². The average molecular weight is 181 g/mol. The first-order valence-electron chi connectivity index (χ1n) is 4.23. The molecule has 0 bridgehead atoms. The van der Waals surface area contributed by atoms with Gasteiger partial charge in [-0.05, 0) is 12.1 Å². The van der Waals surface area contributed by atoms with Crippen LogP contribution in [-0.4, -0.2) is 36.3 Å². The Balaban J connectivity index is 2.53. The van der Waals surface area contributed by atoms with Crippen molar-refractivity contribution in [3.05, 3.63) is 24.5 Å². The lowest BCUT2D eigenvalue weighted by Crippen LogP contribution is -2.34. The van der Waals surface area contributed by atoms with E-state index >= 15 is 0 Å². The summed E-state index contributed by atoms with van der Waals surface area (Å²) in [6, 6.07) is 3.78. The first kappa shape index (κ1) is 9.95. The molecule has 1 unspecified atom stereocenters. The van der Waals surface area contributed by atoms with E-state index in [2.05, 4.69) is 4.98 Å². The summed E-state index contributed by atoms with van der Waals surface area (Å²) in [5.74, 6) is 0. The van der Waals surface area contributed by atoms with Crippen molar-refractivity contribution in [2.24, 2.45) is 5.73 Å². The second-order valence-corrected chi connectivity index (χ2v) is 2.98. The number of nitrogens with two attached hydrogens (primary N) is 1. The van der Waals surface area contributed by atoms with Crippen LogP contribution in [0.5, 0.6) is 0 Å². The molecule has 0 aromatic carbocycles. The van der Waals surface area contributed by atoms with Crippen LogP contribution in [-0.2, 0) is 0 Å². The predicted molar refractivity (Wildman–Crippen MR) is 52.6 cm³/mol. The average Bonchev–Trinajstić information content (AvgIpc) is 2.19. The van der Waals surface area contributed by atoms with Crippen LogP contribution in [0.25, 0.3) is 0 Å². The zero-order valence-corrected chi connectivity index (χ0v) is 7.72. The van der Waals surface area contributed by atoms with Gasteiger partial charge >= 0.3 is 0 Å². The van der Waals surface area contributed by atoms with Crippen LogP contribution >= 0.6 is 0 Å². The summed E-state index contributed by atoms with van der Waals surface area (Å²) in [6.45, 7) is 0.829. The summed E-state index contributed by atoms with van der Waals surface area (Å²) < 4.78 is 0. The van der Waals surface area contributed by atoms with E-state index in [4.69, 9.17) is 5.73 Å². The summed E-state index contributed by atoms with van der Waals surface area (Å²) in [5.41, 5.74) is 6.34. The van der Waals surface area contributed by atoms with E-state index in [1.165, 1.54) is 0 Å². The fourth-order valence-corrected chi connectivity index (χ4v) is 1.09. The molecule has 0 amide bonds. The maximum absolute atomic E-state index is 9.31. The van der Waals surface area contributed by atoms with Crippen LogP contribution in [0.15, 0.2) is 24.5 Å². The third kappa shape index (κ3) is 3.01. The second-order valence-electron chi connectivity index (χ2n) is 2.98. The Morgan fingerprint density at radius 2 is 2.15 bits per heavy atom. The topological polar surface area (TPSA) is 62.4 Å². The maximum Gasteiger partial charge on any atom is 0.0836 e. The Morgan fingerprint density at radius 1 is 1.54 bits per heavy atom. The van der Waals surface area contributed by atoms with E-state index in [1.54, 1.807) is 12.4 Å². The number of likely N-dealkylation sites (N-methyl/N-ethyl adjacent to an activating group) is 1. The van der Waals surface area contributed by atoms with Crippen molar-refractivity contribution < 1.29 is 5.11 Å². The molecule has 1 heterocycles. The van der Waals surface area contributed by atoms with E-state index in [0.29, 0.717) is 6.54 Å². The van der Waals surface area contributed by atoms with Gasteiger partial charge in [0.25, 0.3) is 0 Å². The minimum atomic E-state index is -0.474. The minimum absolute atomic E-state index is 0.287. The lowest BCUT2D eigenvalue weighted by atomic mass is 10.3. The number of aliphatic hydroxyl groups is 1. The van der Waals surface area contributed by atoms with E-state index in [-0.39, 0.29) is 6.54 Å². The standard InChI is InChI=1S/C9H15N3O/c1-12(7-9(13)6-10)8-2-4-11-5-3-8/h2-5,9,13H,6-7,10H2,1H3. The normalized spacial score (nSPS) is 12.5. The molecule has 0 fully saturated rings. The van der Waals surface area contributed by atoms with Crippen LogP contribution in [0.4, 0.5) is 5.69 Å². The Hall–Kier alpha value is -1.13. The molecule has 0 aliphatic carbocycles. The quantitative estimate of drug-likeness (QED) is 0.677. The minimum Gasteiger partial charge on any atom is -0.390 e. The molecular weight excluding hydrogens is 166 g/mol. The first-order valence-corrected chi connectivity index (χ1v) is 4.23. The molecule has 0 spiro atoms. The van der Waals surface area contributed by atoms with E-state index < -0.39 is 6.10 Å². The summed E-state index contributed by atoms with van der Waals surface area (Å²) in [6.07, 6.45) is 2.97. The van der Waals surface area contributed by atoms with Crippen LogP contribution in [0.3, 0.4) is 0 Å². The van der Waals surface area contributed by atoms with Crippen LogP contribution in [0, 0.1) is 0 Å². The van der Waals surface area contributed by atoms with Gasteiger partial charge in [0.2, 0.25) is 0 Å². The number of aliphatic hydroxyl groups excluding tert-OH is 1. The monoisotopic (exact) mass is 181 g/mol. The highest BCUT2D eigenvalue weighted by Gasteiger charge is 2.05. The third-order valence-electron chi connectivity index (χ3n) is 1.86. The summed E-state index contributed by atoms with van der Waals surface area (Å²) in [7, 11) is 1.91. The molecule has 1 aromatic rings. The van der Waals surface area contributed by atoms with Gasteiger partial charge in [-0.25, -0.2) is 0 Å². The van der Waals surface area contributed by atoms with Gasteiger partial charge in [0, 0.05) is 38.2 Å². The van der Waals surface area contributed by atoms with Crippen molar-refractivity contribution in [2.45, 2.75) is 6.10 Å². The van der Waals surface area contributed by atoms with E-state index in [9.17, 15) is 5.11 Å². The van der Waals surface area contributed by atoms with Gasteiger partial charge in [-0.3, -0.25) is 4.98 Å². The molecule has 4 nitrogen and oxygen atoms in total. The largest absolute Gasteiger partial charge is 0.390 e. The molecular formula is C9H15N3O. The highest BCUT2D eigenvalue weighted by molar-refractivity contribution is 5.43. The van der Waals surface area contributed by atoms with Gasteiger partial charge < -0.3 is 15.7 Å². The molecule has 0 aliphatic rings. The van der Waals surface area contributed by atoms with Crippen molar-refractivity contribution >= 4 is 5.69 Å². The molecule has 1 aromatic heterocycles. The van der Waals surface area contributed by atoms with Crippen LogP contribution in [0.2, 0.25) is 0 Å². The van der Waals surface area contributed by atoms with Crippen molar-refractivity contribution in [1.82, 2.24) is 4.98 Å². The number of hydrogen-bond acceptors (Lipinski definition) is 4. The van der Waals surface area contributed by atoms with Gasteiger partial charge in [0.1, 0.15) is 0 Å². The fourth-order valence-electron chi connectivity index (χ4n) is 1.09. The van der Waals surface area contributed by atoms with Gasteiger partial charge in [-0.2, -0.15) is 0 Å². The molecule has 13 heavy (non-hydrogen) atoms. The van der Waals surface area contributed by atoms with Crippen molar-refractivity contribution in [2.75, 3.05) is 25.0 Å². The SMILES string of the molecule is CN(CC(O)CN)c1ccncc1. The highest BCUT2D eigenvalue weighted by atomic mass is 16.3. The number of rotatable bonds is 4. The molecule has 3 N–H and O–H groups in total. The predicted octanol–water partition coefficient (Wildman–Crippen LogP) is -0.163. The third-order valence-corrected chi connectivity index (χ3v) is 1.86. The Morgan fingerprint density at radius 3 is 2.69 bits per heavy atom. The molecule has 72 valence electrons. The smallest absolute Gasteiger partial charge is 0.0836 e. The van der Waals surface area contributed by atoms with E-state index in [1.807, 2.05) is 24.1 Å². The highest BCUT2D eigenvalue weighted by Crippen LogP contribution is 2.09. The number of anilines is 1. The first-order chi connectivity index (χ1) is 6.24. The van der Waals surface area contributed by atoms with Crippen molar-refractivity contribution in [3.8, 4) is 0 Å². The number of nitrogens with zero attached hydrogens (tertiary/aromatic N) is 2. The molecule has 0 saturated heterocycles. The summed E-state index contributed by atoms with van der Waals surface area (Å²) >= 11 is 0. The number of pyridine rings is 1. The number of hydrogen-bond donors (Lipinski definition) is 2. The van der Waals surface area contributed by atoms with Crippen molar-refractivity contribution in [3.63, 3.8) is 0 Å². The zero-order chi connectivity index (χ0) is 9.68. The summed E-state index contributed by atoms with van der Waals surface area (Å²) in [5, 5.41) is 9.31. The van der Waals surface area contributed by atoms with Gasteiger partial charge in [-0.1, -0.05) is 0 Å². The molecule has 0 radical (unpaired) electrons. The Bertz CT molecular complexity index is 240. The summed E-state index contributed by atoms with van der Waals surface area (Å²) in [4.78, 5) is 5.86. The van der Waals surface area contributed by atoms with Crippen LogP contribution < -0.4 is 10.6 Å². The lowest BCUT2D eigenvalue weighted by Gasteiger charge is -2.21. The van der Waals surface area contributed by atoms with Gasteiger partial charge in [0.05, 0.1) is 6.10 Å². The molecule has 0 aliphatic heterocycles. The number of aromatic nitrogens is 1.